The number of hydrogen-bond donors (Lipinski definition) is 0. The summed E-state index contributed by atoms with van der Waals surface area (Å²) in [5.41, 5.74) is 10.8. The second-order valence-electron chi connectivity index (χ2n) is 13.8. The minimum Gasteiger partial charge on any atom is -0.309 e. The van der Waals surface area contributed by atoms with Crippen LogP contribution in [-0.2, 0) is 0 Å². The van der Waals surface area contributed by atoms with Gasteiger partial charge in [-0.1, -0.05) is 121 Å². The van der Waals surface area contributed by atoms with Gasteiger partial charge in [-0.3, -0.25) is 0 Å². The molecule has 0 saturated heterocycles. The number of nitrogens with zero attached hydrogens (tertiary/aromatic N) is 3. The summed E-state index contributed by atoms with van der Waals surface area (Å²) in [6.07, 6.45) is 0. The van der Waals surface area contributed by atoms with Crippen molar-refractivity contribution in [3.63, 3.8) is 0 Å². The first-order chi connectivity index (χ1) is 26.7. The maximum atomic E-state index is 10.4. The Balaban J connectivity index is 1.05. The molecule has 0 aliphatic carbocycles. The molecule has 0 aliphatic heterocycles. The number of aromatic nitrogens is 2. The summed E-state index contributed by atoms with van der Waals surface area (Å²) in [7, 11) is 0. The van der Waals surface area contributed by atoms with Crippen LogP contribution in [0.5, 0.6) is 0 Å². The highest BCUT2D eigenvalue weighted by atomic mass is 32.1. The molecule has 0 unspecified atom stereocenters. The van der Waals surface area contributed by atoms with E-state index in [1.807, 2.05) is 53.8 Å². The SMILES string of the molecule is N#Cc1c(-c2ccccc2)c(-c2ccc(-n3c4ccccc4c4cc(-c5ccc6sc7ccc8ccccc8c7c6c5)ccc43)cc2)nc2ccccc12. The van der Waals surface area contributed by atoms with Crippen LogP contribution in [0.2, 0.25) is 0 Å². The van der Waals surface area contributed by atoms with E-state index in [1.54, 1.807) is 0 Å². The third-order valence-electron chi connectivity index (χ3n) is 10.8. The summed E-state index contributed by atoms with van der Waals surface area (Å²) < 4.78 is 4.99. The number of benzene rings is 8. The molecule has 0 atom stereocenters. The Labute approximate surface area is 315 Å². The maximum Gasteiger partial charge on any atom is 0.101 e. The van der Waals surface area contributed by atoms with Gasteiger partial charge in [-0.2, -0.15) is 5.26 Å². The predicted molar refractivity (Wildman–Crippen MR) is 227 cm³/mol. The molecule has 11 rings (SSSR count). The Bertz CT molecular complexity index is 3330. The van der Waals surface area contributed by atoms with E-state index >= 15 is 0 Å². The normalized spacial score (nSPS) is 11.7. The maximum absolute atomic E-state index is 10.4. The molecule has 3 nitrogen and oxygen atoms in total. The van der Waals surface area contributed by atoms with E-state index < -0.39 is 0 Å². The first-order valence-electron chi connectivity index (χ1n) is 18.1. The molecule has 3 heterocycles. The Hall–Kier alpha value is -7.06. The van der Waals surface area contributed by atoms with Gasteiger partial charge in [0, 0.05) is 53.1 Å². The van der Waals surface area contributed by atoms with Crippen LogP contribution in [0.1, 0.15) is 5.56 Å². The van der Waals surface area contributed by atoms with Crippen molar-refractivity contribution < 1.29 is 0 Å². The molecule has 4 heteroatoms. The van der Waals surface area contributed by atoms with Gasteiger partial charge in [0.2, 0.25) is 0 Å². The van der Waals surface area contributed by atoms with E-state index in [9.17, 15) is 5.26 Å². The molecule has 250 valence electrons. The minimum absolute atomic E-state index is 0.642. The van der Waals surface area contributed by atoms with Crippen molar-refractivity contribution in [2.45, 2.75) is 0 Å². The second-order valence-corrected chi connectivity index (χ2v) is 14.9. The third-order valence-corrected chi connectivity index (χ3v) is 12.0. The quantitative estimate of drug-likeness (QED) is 0.183. The summed E-state index contributed by atoms with van der Waals surface area (Å²) in [6, 6.07) is 64.8. The topological polar surface area (TPSA) is 41.6 Å². The lowest BCUT2D eigenvalue weighted by Gasteiger charge is -2.15. The number of thiophene rings is 1. The molecule has 3 aromatic heterocycles. The number of fused-ring (bicyclic) bond motifs is 9. The molecule has 54 heavy (non-hydrogen) atoms. The largest absolute Gasteiger partial charge is 0.309 e. The highest BCUT2D eigenvalue weighted by Gasteiger charge is 2.19. The standard InChI is InChI=1S/C50H29N3S/c51-30-42-38-14-6-8-16-43(38)52-50(48(42)32-11-2-1-3-12-32)33-18-23-36(24-19-33)53-44-17-9-7-15-39(44)40-28-34(20-25-45(40)53)35-22-26-46-41(29-35)49-37-13-5-4-10-31(37)21-27-47(49)54-46/h1-29H. The van der Waals surface area contributed by atoms with Crippen LogP contribution in [-0.4, -0.2) is 9.55 Å². The van der Waals surface area contributed by atoms with Gasteiger partial charge in [-0.15, -0.1) is 11.3 Å². The molecule has 0 saturated carbocycles. The van der Waals surface area contributed by atoms with Gasteiger partial charge in [0.05, 0.1) is 27.8 Å². The van der Waals surface area contributed by atoms with Gasteiger partial charge in [0.25, 0.3) is 0 Å². The van der Waals surface area contributed by atoms with E-state index in [0.717, 1.165) is 50.0 Å². The molecule has 0 fully saturated rings. The summed E-state index contributed by atoms with van der Waals surface area (Å²) in [5, 5.41) is 19.0. The van der Waals surface area contributed by atoms with Crippen molar-refractivity contribution in [1.82, 2.24) is 9.55 Å². The van der Waals surface area contributed by atoms with Crippen LogP contribution in [0.3, 0.4) is 0 Å². The zero-order valence-corrected chi connectivity index (χ0v) is 29.8. The molecular weight excluding hydrogens is 675 g/mol. The Morgan fingerprint density at radius 3 is 1.96 bits per heavy atom. The van der Waals surface area contributed by atoms with Crippen molar-refractivity contribution in [3.05, 3.63) is 181 Å². The van der Waals surface area contributed by atoms with Crippen LogP contribution >= 0.6 is 11.3 Å². The fourth-order valence-corrected chi connectivity index (χ4v) is 9.45. The zero-order valence-electron chi connectivity index (χ0n) is 29.0. The van der Waals surface area contributed by atoms with E-state index in [2.05, 4.69) is 144 Å². The lowest BCUT2D eigenvalue weighted by Crippen LogP contribution is -1.97. The van der Waals surface area contributed by atoms with Gasteiger partial charge in [-0.05, 0) is 82.1 Å². The lowest BCUT2D eigenvalue weighted by molar-refractivity contribution is 1.18. The molecule has 0 N–H and O–H groups in total. The minimum atomic E-state index is 0.642. The summed E-state index contributed by atoms with van der Waals surface area (Å²) in [6.45, 7) is 0. The van der Waals surface area contributed by atoms with E-state index in [1.165, 1.54) is 52.8 Å². The second kappa shape index (κ2) is 12.0. The molecule has 8 aromatic carbocycles. The van der Waals surface area contributed by atoms with Crippen LogP contribution in [0.25, 0.3) is 103 Å². The number of rotatable bonds is 4. The van der Waals surface area contributed by atoms with Crippen molar-refractivity contribution in [3.8, 4) is 45.3 Å². The third kappa shape index (κ3) is 4.63. The Morgan fingerprint density at radius 2 is 1.13 bits per heavy atom. The van der Waals surface area contributed by atoms with E-state index in [4.69, 9.17) is 4.98 Å². The lowest BCUT2D eigenvalue weighted by atomic mass is 9.92. The van der Waals surface area contributed by atoms with Gasteiger partial charge < -0.3 is 4.57 Å². The molecule has 0 aliphatic rings. The van der Waals surface area contributed by atoms with E-state index in [-0.39, 0.29) is 0 Å². The number of nitriles is 1. The first-order valence-corrected chi connectivity index (χ1v) is 18.9. The van der Waals surface area contributed by atoms with Crippen molar-refractivity contribution >= 4 is 75.0 Å². The zero-order chi connectivity index (χ0) is 35.8. The average molecular weight is 704 g/mol. The van der Waals surface area contributed by atoms with Crippen molar-refractivity contribution in [2.75, 3.05) is 0 Å². The van der Waals surface area contributed by atoms with Crippen molar-refractivity contribution in [2.24, 2.45) is 0 Å². The first kappa shape index (κ1) is 30.6. The molecule has 0 radical (unpaired) electrons. The fraction of sp³-hybridized carbons (Fsp3) is 0. The van der Waals surface area contributed by atoms with Crippen LogP contribution in [0, 0.1) is 11.3 Å². The van der Waals surface area contributed by atoms with Crippen LogP contribution in [0.4, 0.5) is 0 Å². The molecule has 0 spiro atoms. The van der Waals surface area contributed by atoms with Gasteiger partial charge in [-0.25, -0.2) is 4.98 Å². The van der Waals surface area contributed by atoms with Gasteiger partial charge in [0.1, 0.15) is 6.07 Å². The van der Waals surface area contributed by atoms with Crippen LogP contribution in [0.15, 0.2) is 176 Å². The van der Waals surface area contributed by atoms with E-state index in [0.29, 0.717) is 5.56 Å². The molecule has 0 amide bonds. The van der Waals surface area contributed by atoms with Gasteiger partial charge in [0.15, 0.2) is 0 Å². The number of pyridine rings is 1. The average Bonchev–Trinajstić information content (AvgIpc) is 3.78. The highest BCUT2D eigenvalue weighted by molar-refractivity contribution is 7.26. The monoisotopic (exact) mass is 703 g/mol. The summed E-state index contributed by atoms with van der Waals surface area (Å²) in [4.78, 5) is 5.15. The smallest absolute Gasteiger partial charge is 0.101 e. The summed E-state index contributed by atoms with van der Waals surface area (Å²) in [5.74, 6) is 0. The summed E-state index contributed by atoms with van der Waals surface area (Å²) >= 11 is 1.87. The van der Waals surface area contributed by atoms with Crippen molar-refractivity contribution in [1.29, 1.82) is 5.26 Å². The molecule has 0 bridgehead atoms. The molecule has 11 aromatic rings. The Morgan fingerprint density at radius 1 is 0.481 bits per heavy atom. The fourth-order valence-electron chi connectivity index (χ4n) is 8.35. The van der Waals surface area contributed by atoms with Gasteiger partial charge >= 0.3 is 0 Å². The Kier molecular flexibility index (Phi) is 6.79. The predicted octanol–water partition coefficient (Wildman–Crippen LogP) is 13.7. The molecular formula is C50H29N3S. The van der Waals surface area contributed by atoms with Crippen LogP contribution < -0.4 is 0 Å². The number of hydrogen-bond acceptors (Lipinski definition) is 3. The highest BCUT2D eigenvalue weighted by Crippen LogP contribution is 2.42. The number of para-hydroxylation sites is 2.